The van der Waals surface area contributed by atoms with Gasteiger partial charge in [0.25, 0.3) is 0 Å². The summed E-state index contributed by atoms with van der Waals surface area (Å²) in [6, 6.07) is 12.9. The van der Waals surface area contributed by atoms with E-state index in [2.05, 4.69) is 10.6 Å². The Morgan fingerprint density at radius 1 is 1.08 bits per heavy atom. The van der Waals surface area contributed by atoms with Gasteiger partial charge in [0.1, 0.15) is 6.04 Å². The second kappa shape index (κ2) is 8.57. The third-order valence-corrected chi connectivity index (χ3v) is 3.97. The Labute approximate surface area is 150 Å². The Morgan fingerprint density at radius 2 is 1.79 bits per heavy atom. The van der Waals surface area contributed by atoms with Gasteiger partial charge >= 0.3 is 6.03 Å². The number of nitrogens with one attached hydrogen (secondary N) is 2. The number of hydrogen-bond acceptors (Lipinski definition) is 2. The molecule has 0 aromatic heterocycles. The Kier molecular flexibility index (Phi) is 6.46. The number of amides is 3. The van der Waals surface area contributed by atoms with E-state index in [0.717, 1.165) is 11.1 Å². The second-order valence-electron chi connectivity index (χ2n) is 5.20. The zero-order chi connectivity index (χ0) is 17.5. The fourth-order valence-electron chi connectivity index (χ4n) is 2.20. The monoisotopic (exact) mass is 365 g/mol. The molecular formula is C17H17Cl2N3O2. The van der Waals surface area contributed by atoms with Crippen molar-refractivity contribution >= 4 is 35.1 Å². The molecule has 2 rings (SSSR count). The van der Waals surface area contributed by atoms with Crippen molar-refractivity contribution in [2.75, 3.05) is 0 Å². The summed E-state index contributed by atoms with van der Waals surface area (Å²) in [4.78, 5) is 23.5. The third kappa shape index (κ3) is 5.44. The highest BCUT2D eigenvalue weighted by molar-refractivity contribution is 6.35. The fraction of sp³-hybridized carbons (Fsp3) is 0.176. The minimum atomic E-state index is -0.768. The number of carbonyl (C=O) groups excluding carboxylic acids is 2. The lowest BCUT2D eigenvalue weighted by Crippen LogP contribution is -2.49. The first-order chi connectivity index (χ1) is 11.5. The first kappa shape index (κ1) is 18.1. The zero-order valence-corrected chi connectivity index (χ0v) is 14.3. The van der Waals surface area contributed by atoms with Crippen molar-refractivity contribution in [2.45, 2.75) is 19.0 Å². The van der Waals surface area contributed by atoms with Gasteiger partial charge in [-0.2, -0.15) is 0 Å². The van der Waals surface area contributed by atoms with Crippen molar-refractivity contribution in [1.82, 2.24) is 10.6 Å². The summed E-state index contributed by atoms with van der Waals surface area (Å²) in [5, 5.41) is 6.19. The number of carbonyl (C=O) groups is 2. The van der Waals surface area contributed by atoms with Crippen molar-refractivity contribution in [3.63, 3.8) is 0 Å². The Bertz CT molecular complexity index is 723. The number of urea groups is 1. The van der Waals surface area contributed by atoms with Gasteiger partial charge in [0.2, 0.25) is 5.91 Å². The average molecular weight is 366 g/mol. The molecule has 0 spiro atoms. The van der Waals surface area contributed by atoms with E-state index < -0.39 is 12.1 Å². The summed E-state index contributed by atoms with van der Waals surface area (Å²) >= 11 is 11.9. The maximum absolute atomic E-state index is 12.4. The minimum absolute atomic E-state index is 0.223. The van der Waals surface area contributed by atoms with Crippen molar-refractivity contribution in [1.29, 1.82) is 0 Å². The average Bonchev–Trinajstić information content (AvgIpc) is 2.53. The van der Waals surface area contributed by atoms with E-state index in [0.29, 0.717) is 16.5 Å². The van der Waals surface area contributed by atoms with Gasteiger partial charge in [0.05, 0.1) is 0 Å². The predicted octanol–water partition coefficient (Wildman–Crippen LogP) is 2.89. The summed E-state index contributed by atoms with van der Waals surface area (Å²) in [6.45, 7) is 0.223. The summed E-state index contributed by atoms with van der Waals surface area (Å²) < 4.78 is 0. The van der Waals surface area contributed by atoms with Gasteiger partial charge in [-0.25, -0.2) is 4.79 Å². The van der Waals surface area contributed by atoms with Crippen molar-refractivity contribution < 1.29 is 9.59 Å². The molecule has 126 valence electrons. The molecule has 1 atom stereocenters. The van der Waals surface area contributed by atoms with Gasteiger partial charge < -0.3 is 16.4 Å². The van der Waals surface area contributed by atoms with Crippen molar-refractivity contribution in [2.24, 2.45) is 5.73 Å². The topological polar surface area (TPSA) is 84.2 Å². The van der Waals surface area contributed by atoms with Crippen LogP contribution in [0, 0.1) is 0 Å². The molecule has 24 heavy (non-hydrogen) atoms. The molecule has 0 unspecified atom stereocenters. The molecule has 0 saturated carbocycles. The molecule has 0 heterocycles. The predicted molar refractivity (Wildman–Crippen MR) is 95.0 cm³/mol. The Balaban J connectivity index is 2.03. The summed E-state index contributed by atoms with van der Waals surface area (Å²) in [5.41, 5.74) is 6.81. The van der Waals surface area contributed by atoms with Crippen LogP contribution in [0.25, 0.3) is 0 Å². The first-order valence-electron chi connectivity index (χ1n) is 7.27. The van der Waals surface area contributed by atoms with Gasteiger partial charge in [-0.1, -0.05) is 59.6 Å². The molecule has 3 amide bonds. The lowest BCUT2D eigenvalue weighted by molar-refractivity contribution is -0.123. The van der Waals surface area contributed by atoms with Crippen LogP contribution in [0.4, 0.5) is 4.79 Å². The molecule has 0 aliphatic carbocycles. The van der Waals surface area contributed by atoms with E-state index in [9.17, 15) is 9.59 Å². The smallest absolute Gasteiger partial charge is 0.312 e. The van der Waals surface area contributed by atoms with Gasteiger partial charge in [0, 0.05) is 23.0 Å². The normalized spacial score (nSPS) is 11.6. The molecule has 0 saturated heterocycles. The molecular weight excluding hydrogens is 349 g/mol. The van der Waals surface area contributed by atoms with E-state index in [1.54, 1.807) is 18.2 Å². The minimum Gasteiger partial charge on any atom is -0.352 e. The van der Waals surface area contributed by atoms with Crippen LogP contribution in [-0.2, 0) is 17.8 Å². The van der Waals surface area contributed by atoms with Gasteiger partial charge in [0.15, 0.2) is 0 Å². The number of primary amides is 1. The van der Waals surface area contributed by atoms with Crippen LogP contribution >= 0.6 is 23.2 Å². The number of hydrogen-bond donors (Lipinski definition) is 3. The maximum atomic E-state index is 12.4. The molecule has 2 aromatic carbocycles. The van der Waals surface area contributed by atoms with Crippen molar-refractivity contribution in [3.8, 4) is 0 Å². The van der Waals surface area contributed by atoms with E-state index in [1.807, 2.05) is 30.3 Å². The van der Waals surface area contributed by atoms with Crippen LogP contribution in [-0.4, -0.2) is 18.0 Å². The number of nitrogens with two attached hydrogens (primary N) is 1. The lowest BCUT2D eigenvalue weighted by Gasteiger charge is -2.18. The van der Waals surface area contributed by atoms with E-state index in [4.69, 9.17) is 28.9 Å². The highest BCUT2D eigenvalue weighted by atomic mass is 35.5. The zero-order valence-electron chi connectivity index (χ0n) is 12.8. The fourth-order valence-corrected chi connectivity index (χ4v) is 2.68. The third-order valence-electron chi connectivity index (χ3n) is 3.38. The number of benzene rings is 2. The van der Waals surface area contributed by atoms with Crippen LogP contribution in [0.2, 0.25) is 10.0 Å². The largest absolute Gasteiger partial charge is 0.352 e. The van der Waals surface area contributed by atoms with Crippen LogP contribution < -0.4 is 16.4 Å². The van der Waals surface area contributed by atoms with Gasteiger partial charge in [-0.05, 0) is 23.3 Å². The SMILES string of the molecule is NC(=O)N[C@H](Cc1ccccc1)C(=O)NCc1ccc(Cl)cc1Cl. The molecule has 0 aliphatic rings. The molecule has 0 aliphatic heterocycles. The molecule has 7 heteroatoms. The molecule has 0 radical (unpaired) electrons. The highest BCUT2D eigenvalue weighted by Gasteiger charge is 2.20. The number of rotatable bonds is 6. The Morgan fingerprint density at radius 3 is 2.42 bits per heavy atom. The van der Waals surface area contributed by atoms with E-state index >= 15 is 0 Å². The maximum Gasteiger partial charge on any atom is 0.312 e. The quantitative estimate of drug-likeness (QED) is 0.735. The Hall–Kier alpha value is -2.24. The lowest BCUT2D eigenvalue weighted by atomic mass is 10.1. The summed E-state index contributed by atoms with van der Waals surface area (Å²) in [6.07, 6.45) is 0.337. The van der Waals surface area contributed by atoms with Crippen molar-refractivity contribution in [3.05, 3.63) is 69.7 Å². The van der Waals surface area contributed by atoms with Gasteiger partial charge in [-0.15, -0.1) is 0 Å². The van der Waals surface area contributed by atoms with Crippen LogP contribution in [0.1, 0.15) is 11.1 Å². The molecule has 5 nitrogen and oxygen atoms in total. The van der Waals surface area contributed by atoms with E-state index in [-0.39, 0.29) is 12.5 Å². The molecule has 4 N–H and O–H groups in total. The standard InChI is InChI=1S/C17H17Cl2N3O2/c18-13-7-6-12(14(19)9-13)10-21-16(23)15(22-17(20)24)8-11-4-2-1-3-5-11/h1-7,9,15H,8,10H2,(H,21,23)(H3,20,22,24)/t15-/m1/s1. The van der Waals surface area contributed by atoms with E-state index in [1.165, 1.54) is 0 Å². The number of halogens is 2. The molecule has 2 aromatic rings. The summed E-state index contributed by atoms with van der Waals surface area (Å²) in [5.74, 6) is -0.344. The van der Waals surface area contributed by atoms with Crippen LogP contribution in [0.5, 0.6) is 0 Å². The summed E-state index contributed by atoms with van der Waals surface area (Å²) in [7, 11) is 0. The first-order valence-corrected chi connectivity index (χ1v) is 8.03. The molecule has 0 fully saturated rings. The highest BCUT2D eigenvalue weighted by Crippen LogP contribution is 2.20. The second-order valence-corrected chi connectivity index (χ2v) is 6.05. The van der Waals surface area contributed by atoms with Crippen LogP contribution in [0.3, 0.4) is 0 Å². The molecule has 0 bridgehead atoms. The van der Waals surface area contributed by atoms with Crippen LogP contribution in [0.15, 0.2) is 48.5 Å². The van der Waals surface area contributed by atoms with Gasteiger partial charge in [-0.3, -0.25) is 4.79 Å².